The lowest BCUT2D eigenvalue weighted by Crippen LogP contribution is -2.30. The molecule has 3 aromatic rings. The van der Waals surface area contributed by atoms with Crippen molar-refractivity contribution in [3.05, 3.63) is 77.4 Å². The van der Waals surface area contributed by atoms with E-state index >= 15 is 0 Å². The number of aromatic nitrogens is 3. The van der Waals surface area contributed by atoms with Crippen LogP contribution in [-0.2, 0) is 11.3 Å². The number of allylic oxidation sites excluding steroid dienone is 1. The average Bonchev–Trinajstić information content (AvgIpc) is 3.42. The molecular weight excluding hydrogens is 504 g/mol. The first kappa shape index (κ1) is 27.2. The standard InChI is InChI=1S/C27H27ClN6O2.CH4O/c1-3-23(35)33-13-11-18(16-33)17-34-25-20(14-21(26(34)36)19-8-5-4-6-9-19)15-29-27(31-25)30-22-10-7-12-32(2)24(22)28;1-2/h3-6,8-10,14-15,18H,1,7,11-13,16-17H2,2H3;2H,1H3/p+1. The Bertz CT molecular complexity index is 1460. The molecule has 198 valence electrons. The number of fused-ring (bicyclic) bond motifs is 1. The zero-order valence-electron chi connectivity index (χ0n) is 21.6. The molecule has 1 unspecified atom stereocenters. The number of rotatable bonds is 6. The number of amides is 1. The zero-order valence-corrected chi connectivity index (χ0v) is 22.4. The predicted octanol–water partition coefficient (Wildman–Crippen LogP) is 3.08. The fourth-order valence-corrected chi connectivity index (χ4v) is 5.00. The molecule has 1 atom stereocenters. The highest BCUT2D eigenvalue weighted by atomic mass is 35.5. The maximum absolute atomic E-state index is 13.8. The third-order valence-corrected chi connectivity index (χ3v) is 7.23. The predicted molar refractivity (Wildman–Crippen MR) is 150 cm³/mol. The monoisotopic (exact) mass is 535 g/mol. The van der Waals surface area contributed by atoms with Crippen molar-refractivity contribution in [2.75, 3.05) is 39.1 Å². The molecule has 1 fully saturated rings. The molecule has 1 amide bonds. The first-order chi connectivity index (χ1) is 18.4. The number of hydrogen-bond acceptors (Lipinski definition) is 6. The molecule has 2 N–H and O–H groups in total. The van der Waals surface area contributed by atoms with Gasteiger partial charge in [-0.25, -0.2) is 9.56 Å². The second-order valence-corrected chi connectivity index (χ2v) is 9.56. The lowest BCUT2D eigenvalue weighted by Gasteiger charge is -2.18. The summed E-state index contributed by atoms with van der Waals surface area (Å²) in [6.45, 7) is 6.12. The van der Waals surface area contributed by atoms with Gasteiger partial charge in [0, 0.05) is 50.3 Å². The summed E-state index contributed by atoms with van der Waals surface area (Å²) in [7, 11) is 2.93. The normalized spacial score (nSPS) is 17.1. The van der Waals surface area contributed by atoms with Gasteiger partial charge in [0.05, 0.1) is 0 Å². The third kappa shape index (κ3) is 5.69. The quantitative estimate of drug-likeness (QED) is 0.371. The summed E-state index contributed by atoms with van der Waals surface area (Å²) in [5, 5.41) is 11.6. The van der Waals surface area contributed by atoms with Crippen LogP contribution in [0.3, 0.4) is 0 Å². The van der Waals surface area contributed by atoms with E-state index in [0.29, 0.717) is 42.0 Å². The highest BCUT2D eigenvalue weighted by Crippen LogP contribution is 2.24. The summed E-state index contributed by atoms with van der Waals surface area (Å²) < 4.78 is 3.69. The van der Waals surface area contributed by atoms with Crippen LogP contribution in [0.2, 0.25) is 0 Å². The summed E-state index contributed by atoms with van der Waals surface area (Å²) in [6.07, 6.45) is 6.75. The van der Waals surface area contributed by atoms with Gasteiger partial charge in [0.2, 0.25) is 11.9 Å². The molecule has 0 saturated carbocycles. The molecule has 2 aliphatic rings. The Labute approximate surface area is 226 Å². The number of halogens is 1. The van der Waals surface area contributed by atoms with Gasteiger partial charge in [0.25, 0.3) is 10.7 Å². The number of aliphatic hydroxyl groups excluding tert-OH is 1. The van der Waals surface area contributed by atoms with Gasteiger partial charge < -0.3 is 15.3 Å². The van der Waals surface area contributed by atoms with E-state index in [9.17, 15) is 9.59 Å². The second kappa shape index (κ2) is 12.1. The maximum atomic E-state index is 13.8. The van der Waals surface area contributed by atoms with E-state index in [-0.39, 0.29) is 17.4 Å². The van der Waals surface area contributed by atoms with Gasteiger partial charge in [-0.1, -0.05) is 36.9 Å². The number of pyridine rings is 1. The van der Waals surface area contributed by atoms with Gasteiger partial charge in [0.15, 0.2) is 0 Å². The molecule has 0 spiro atoms. The molecule has 0 bridgehead atoms. The molecule has 4 heterocycles. The van der Waals surface area contributed by atoms with Gasteiger partial charge >= 0.3 is 0 Å². The van der Waals surface area contributed by atoms with Crippen LogP contribution < -0.4 is 10.9 Å². The van der Waals surface area contributed by atoms with Gasteiger partial charge in [-0.05, 0) is 47.7 Å². The highest BCUT2D eigenvalue weighted by Gasteiger charge is 2.27. The highest BCUT2D eigenvalue weighted by molar-refractivity contribution is 6.68. The Kier molecular flexibility index (Phi) is 8.70. The van der Waals surface area contributed by atoms with Crippen LogP contribution in [0.1, 0.15) is 12.8 Å². The Balaban J connectivity index is 0.00000164. The van der Waals surface area contributed by atoms with Crippen molar-refractivity contribution < 1.29 is 14.5 Å². The number of aliphatic hydroxyl groups is 1. The van der Waals surface area contributed by atoms with Crippen molar-refractivity contribution in [2.45, 2.75) is 19.4 Å². The van der Waals surface area contributed by atoms with Gasteiger partial charge in [-0.15, -0.1) is 0 Å². The molecule has 1 aromatic carbocycles. The van der Waals surface area contributed by atoms with Crippen LogP contribution >= 0.6 is 11.6 Å². The largest absolute Gasteiger partial charge is 0.400 e. The number of carbonyl (C=O) groups is 1. The summed E-state index contributed by atoms with van der Waals surface area (Å²) in [5.74, 6) is 0.419. The summed E-state index contributed by atoms with van der Waals surface area (Å²) >= 11 is 6.47. The van der Waals surface area contributed by atoms with Crippen molar-refractivity contribution in [1.29, 1.82) is 0 Å². The van der Waals surface area contributed by atoms with Gasteiger partial charge in [0.1, 0.15) is 24.9 Å². The summed E-state index contributed by atoms with van der Waals surface area (Å²) in [6, 6.07) is 11.5. The number of benzene rings is 1. The molecule has 0 radical (unpaired) electrons. The SMILES string of the molecule is C=CC(=O)N1CCC(Cn2c(=O)c(-c3ccccc3)cc3cnc(NC4=CCC[N+](C)=C4Cl)nc32)C1.CO. The van der Waals surface area contributed by atoms with Crippen LogP contribution in [-0.4, -0.2) is 74.0 Å². The number of nitrogens with zero attached hydrogens (tertiary/aromatic N) is 5. The molecular formula is C28H32ClN6O3+. The Hall–Kier alpha value is -3.82. The third-order valence-electron chi connectivity index (χ3n) is 6.74. The van der Waals surface area contributed by atoms with Crippen LogP contribution in [0.15, 0.2) is 71.8 Å². The fourth-order valence-electron chi connectivity index (χ4n) is 4.80. The smallest absolute Gasteiger partial charge is 0.293 e. The molecule has 10 heteroatoms. The van der Waals surface area contributed by atoms with E-state index in [2.05, 4.69) is 16.9 Å². The van der Waals surface area contributed by atoms with E-state index < -0.39 is 0 Å². The van der Waals surface area contributed by atoms with Crippen LogP contribution in [0, 0.1) is 5.92 Å². The minimum absolute atomic E-state index is 0.0830. The van der Waals surface area contributed by atoms with Crippen molar-refractivity contribution in [1.82, 2.24) is 19.4 Å². The Morgan fingerprint density at radius 2 is 2.08 bits per heavy atom. The zero-order chi connectivity index (χ0) is 27.2. The second-order valence-electron chi connectivity index (χ2n) is 9.20. The van der Waals surface area contributed by atoms with Crippen molar-refractivity contribution in [2.24, 2.45) is 5.92 Å². The van der Waals surface area contributed by atoms with Crippen molar-refractivity contribution >= 4 is 39.7 Å². The Morgan fingerprint density at radius 1 is 1.32 bits per heavy atom. The van der Waals surface area contributed by atoms with Crippen LogP contribution in [0.5, 0.6) is 0 Å². The van der Waals surface area contributed by atoms with E-state index in [1.165, 1.54) is 6.08 Å². The summed E-state index contributed by atoms with van der Waals surface area (Å²) in [4.78, 5) is 36.9. The molecule has 5 rings (SSSR count). The minimum Gasteiger partial charge on any atom is -0.400 e. The number of anilines is 1. The number of likely N-dealkylation sites (tertiary alicyclic amines) is 1. The lowest BCUT2D eigenvalue weighted by molar-refractivity contribution is -0.494. The van der Waals surface area contributed by atoms with Gasteiger partial charge in [-0.2, -0.15) is 4.98 Å². The molecule has 38 heavy (non-hydrogen) atoms. The van der Waals surface area contributed by atoms with Crippen LogP contribution in [0.4, 0.5) is 5.95 Å². The first-order valence-corrected chi connectivity index (χ1v) is 12.9. The summed E-state index contributed by atoms with van der Waals surface area (Å²) in [5.41, 5.74) is 2.61. The lowest BCUT2D eigenvalue weighted by atomic mass is 10.0. The van der Waals surface area contributed by atoms with Gasteiger partial charge in [-0.3, -0.25) is 14.2 Å². The number of nitrogens with one attached hydrogen (secondary N) is 1. The maximum Gasteiger partial charge on any atom is 0.293 e. The first-order valence-electron chi connectivity index (χ1n) is 12.5. The van der Waals surface area contributed by atoms with E-state index in [4.69, 9.17) is 21.7 Å². The van der Waals surface area contributed by atoms with E-state index in [0.717, 1.165) is 43.1 Å². The number of carbonyl (C=O) groups excluding carboxylic acids is 1. The molecule has 2 aromatic heterocycles. The van der Waals surface area contributed by atoms with Crippen LogP contribution in [0.25, 0.3) is 22.2 Å². The minimum atomic E-state index is -0.118. The molecule has 9 nitrogen and oxygen atoms in total. The van der Waals surface area contributed by atoms with E-state index in [1.807, 2.05) is 54.1 Å². The number of hydrogen-bond donors (Lipinski definition) is 2. The fraction of sp³-hybridized carbons (Fsp3) is 0.321. The Morgan fingerprint density at radius 3 is 2.82 bits per heavy atom. The van der Waals surface area contributed by atoms with Crippen molar-refractivity contribution in [3.8, 4) is 11.1 Å². The van der Waals surface area contributed by atoms with E-state index in [1.54, 1.807) is 15.7 Å². The average molecular weight is 536 g/mol. The topological polar surface area (TPSA) is 103 Å². The molecule has 2 aliphatic heterocycles. The van der Waals surface area contributed by atoms with Crippen molar-refractivity contribution in [3.63, 3.8) is 0 Å². The molecule has 0 aliphatic carbocycles. The molecule has 1 saturated heterocycles.